The summed E-state index contributed by atoms with van der Waals surface area (Å²) in [6.45, 7) is 5.34. The molecule has 2 rings (SSSR count). The Bertz CT molecular complexity index is 434. The van der Waals surface area contributed by atoms with Gasteiger partial charge in [-0.15, -0.1) is 0 Å². The van der Waals surface area contributed by atoms with Gasteiger partial charge in [0.15, 0.2) is 0 Å². The summed E-state index contributed by atoms with van der Waals surface area (Å²) in [7, 11) is 1.68. The highest BCUT2D eigenvalue weighted by atomic mass is 35.5. The highest BCUT2D eigenvalue weighted by Gasteiger charge is 2.37. The standard InChI is InChI=1S/C14H21ClN2O/c1-14(2)13(16)5-4-8-17(14)11-9-10(15)6-7-12(11)18-3/h6-7,9,13H,4-5,8,16H2,1-3H3. The number of hydrogen-bond donors (Lipinski definition) is 1. The van der Waals surface area contributed by atoms with Gasteiger partial charge in [0.2, 0.25) is 0 Å². The summed E-state index contributed by atoms with van der Waals surface area (Å²) < 4.78 is 5.44. The van der Waals surface area contributed by atoms with Crippen LogP contribution in [0.5, 0.6) is 5.75 Å². The maximum absolute atomic E-state index is 6.25. The van der Waals surface area contributed by atoms with Gasteiger partial charge >= 0.3 is 0 Å². The van der Waals surface area contributed by atoms with Gasteiger partial charge in [0.05, 0.1) is 12.8 Å². The Kier molecular flexibility index (Phi) is 3.74. The van der Waals surface area contributed by atoms with E-state index in [0.717, 1.165) is 35.8 Å². The van der Waals surface area contributed by atoms with Crippen LogP contribution in [0.3, 0.4) is 0 Å². The predicted octanol–water partition coefficient (Wildman–Crippen LogP) is 3.05. The van der Waals surface area contributed by atoms with Crippen molar-refractivity contribution in [2.75, 3.05) is 18.6 Å². The summed E-state index contributed by atoms with van der Waals surface area (Å²) >= 11 is 6.11. The summed E-state index contributed by atoms with van der Waals surface area (Å²) in [6.07, 6.45) is 2.16. The molecule has 0 bridgehead atoms. The predicted molar refractivity (Wildman–Crippen MR) is 76.6 cm³/mol. The molecule has 0 saturated carbocycles. The van der Waals surface area contributed by atoms with Gasteiger partial charge in [0, 0.05) is 23.1 Å². The Morgan fingerprint density at radius 2 is 2.17 bits per heavy atom. The third-order valence-corrected chi connectivity index (χ3v) is 4.17. The molecule has 18 heavy (non-hydrogen) atoms. The van der Waals surface area contributed by atoms with Crippen molar-refractivity contribution < 1.29 is 4.74 Å². The van der Waals surface area contributed by atoms with Gasteiger partial charge in [-0.2, -0.15) is 0 Å². The van der Waals surface area contributed by atoms with E-state index in [-0.39, 0.29) is 11.6 Å². The minimum atomic E-state index is -0.0871. The summed E-state index contributed by atoms with van der Waals surface area (Å²) in [6, 6.07) is 5.88. The number of anilines is 1. The zero-order valence-electron chi connectivity index (χ0n) is 11.2. The normalized spacial score (nSPS) is 22.9. The second-order valence-corrected chi connectivity index (χ2v) is 5.81. The molecule has 100 valence electrons. The van der Waals surface area contributed by atoms with E-state index < -0.39 is 0 Å². The van der Waals surface area contributed by atoms with E-state index in [4.69, 9.17) is 22.1 Å². The van der Waals surface area contributed by atoms with Crippen molar-refractivity contribution >= 4 is 17.3 Å². The van der Waals surface area contributed by atoms with Gasteiger partial charge in [0.25, 0.3) is 0 Å². The molecule has 1 saturated heterocycles. The van der Waals surface area contributed by atoms with Crippen LogP contribution in [0.4, 0.5) is 5.69 Å². The summed E-state index contributed by atoms with van der Waals surface area (Å²) in [5.41, 5.74) is 7.20. The van der Waals surface area contributed by atoms with Crippen molar-refractivity contribution in [3.8, 4) is 5.75 Å². The van der Waals surface area contributed by atoms with Gasteiger partial charge in [-0.1, -0.05) is 11.6 Å². The number of hydrogen-bond acceptors (Lipinski definition) is 3. The van der Waals surface area contributed by atoms with Crippen LogP contribution in [0.25, 0.3) is 0 Å². The molecule has 1 aromatic carbocycles. The van der Waals surface area contributed by atoms with Crippen LogP contribution in [0.15, 0.2) is 18.2 Å². The van der Waals surface area contributed by atoms with Gasteiger partial charge in [0.1, 0.15) is 5.75 Å². The van der Waals surface area contributed by atoms with Crippen molar-refractivity contribution in [2.24, 2.45) is 5.73 Å². The number of rotatable bonds is 2. The van der Waals surface area contributed by atoms with E-state index >= 15 is 0 Å². The monoisotopic (exact) mass is 268 g/mol. The largest absolute Gasteiger partial charge is 0.495 e. The van der Waals surface area contributed by atoms with E-state index in [9.17, 15) is 0 Å². The minimum absolute atomic E-state index is 0.0871. The number of nitrogens with two attached hydrogens (primary N) is 1. The lowest BCUT2D eigenvalue weighted by Crippen LogP contribution is -2.59. The topological polar surface area (TPSA) is 38.5 Å². The van der Waals surface area contributed by atoms with Gasteiger partial charge in [-0.25, -0.2) is 0 Å². The van der Waals surface area contributed by atoms with Crippen molar-refractivity contribution in [1.29, 1.82) is 0 Å². The molecule has 0 aromatic heterocycles. The van der Waals surface area contributed by atoms with Crippen molar-refractivity contribution in [1.82, 2.24) is 0 Å². The number of benzene rings is 1. The quantitative estimate of drug-likeness (QED) is 0.896. The molecule has 0 aliphatic carbocycles. The van der Waals surface area contributed by atoms with Crippen LogP contribution in [0.2, 0.25) is 5.02 Å². The second kappa shape index (κ2) is 4.98. The Balaban J connectivity index is 2.43. The fourth-order valence-corrected chi connectivity index (χ4v) is 2.78. The van der Waals surface area contributed by atoms with Gasteiger partial charge < -0.3 is 15.4 Å². The summed E-state index contributed by atoms with van der Waals surface area (Å²) in [4.78, 5) is 2.31. The zero-order chi connectivity index (χ0) is 13.3. The number of methoxy groups -OCH3 is 1. The Labute approximate surface area is 114 Å². The van der Waals surface area contributed by atoms with Crippen LogP contribution >= 0.6 is 11.6 Å². The molecule has 2 N–H and O–H groups in total. The molecular weight excluding hydrogens is 248 g/mol. The second-order valence-electron chi connectivity index (χ2n) is 5.37. The molecule has 1 aliphatic rings. The Hall–Kier alpha value is -0.930. The van der Waals surface area contributed by atoms with Crippen molar-refractivity contribution in [2.45, 2.75) is 38.3 Å². The highest BCUT2D eigenvalue weighted by molar-refractivity contribution is 6.30. The molecule has 1 unspecified atom stereocenters. The van der Waals surface area contributed by atoms with E-state index in [1.165, 1.54) is 0 Å². The maximum atomic E-state index is 6.25. The lowest BCUT2D eigenvalue weighted by molar-refractivity contribution is 0.306. The van der Waals surface area contributed by atoms with Crippen LogP contribution in [0, 0.1) is 0 Å². The van der Waals surface area contributed by atoms with E-state index in [2.05, 4.69) is 18.7 Å². The zero-order valence-corrected chi connectivity index (χ0v) is 12.0. The first kappa shape index (κ1) is 13.5. The van der Waals surface area contributed by atoms with E-state index in [1.54, 1.807) is 7.11 Å². The minimum Gasteiger partial charge on any atom is -0.495 e. The third kappa shape index (κ3) is 2.29. The first-order valence-corrected chi connectivity index (χ1v) is 6.71. The Morgan fingerprint density at radius 1 is 1.44 bits per heavy atom. The smallest absolute Gasteiger partial charge is 0.142 e. The maximum Gasteiger partial charge on any atom is 0.142 e. The van der Waals surface area contributed by atoms with Crippen molar-refractivity contribution in [3.63, 3.8) is 0 Å². The summed E-state index contributed by atoms with van der Waals surface area (Å²) in [5, 5.41) is 0.723. The van der Waals surface area contributed by atoms with Crippen LogP contribution in [0.1, 0.15) is 26.7 Å². The third-order valence-electron chi connectivity index (χ3n) is 3.93. The van der Waals surface area contributed by atoms with Gasteiger partial charge in [-0.05, 0) is 44.9 Å². The van der Waals surface area contributed by atoms with Gasteiger partial charge in [-0.3, -0.25) is 0 Å². The first-order valence-electron chi connectivity index (χ1n) is 6.33. The van der Waals surface area contributed by atoms with E-state index in [0.29, 0.717) is 0 Å². The average Bonchev–Trinajstić information content (AvgIpc) is 2.32. The molecule has 1 heterocycles. The fourth-order valence-electron chi connectivity index (χ4n) is 2.62. The Morgan fingerprint density at radius 3 is 2.83 bits per heavy atom. The number of halogens is 1. The number of piperidine rings is 1. The highest BCUT2D eigenvalue weighted by Crippen LogP contribution is 2.38. The number of ether oxygens (including phenoxy) is 1. The van der Waals surface area contributed by atoms with Crippen LogP contribution in [-0.2, 0) is 0 Å². The molecule has 0 radical (unpaired) electrons. The lowest BCUT2D eigenvalue weighted by Gasteiger charge is -2.48. The molecule has 0 spiro atoms. The molecule has 4 heteroatoms. The summed E-state index contributed by atoms with van der Waals surface area (Å²) in [5.74, 6) is 0.849. The number of nitrogens with zero attached hydrogens (tertiary/aromatic N) is 1. The molecule has 1 atom stereocenters. The fraction of sp³-hybridized carbons (Fsp3) is 0.571. The molecular formula is C14H21ClN2O. The molecule has 1 fully saturated rings. The van der Waals surface area contributed by atoms with Crippen LogP contribution in [-0.4, -0.2) is 25.2 Å². The van der Waals surface area contributed by atoms with Crippen LogP contribution < -0.4 is 15.4 Å². The molecule has 1 aliphatic heterocycles. The average molecular weight is 269 g/mol. The SMILES string of the molecule is COc1ccc(Cl)cc1N1CCCC(N)C1(C)C. The molecule has 1 aromatic rings. The van der Waals surface area contributed by atoms with Crippen molar-refractivity contribution in [3.05, 3.63) is 23.2 Å². The molecule has 0 amide bonds. The van der Waals surface area contributed by atoms with E-state index in [1.807, 2.05) is 18.2 Å². The first-order chi connectivity index (χ1) is 8.46. The lowest BCUT2D eigenvalue weighted by atomic mass is 9.85. The molecule has 3 nitrogen and oxygen atoms in total.